The predicted molar refractivity (Wildman–Crippen MR) is 72.3 cm³/mol. The molecule has 104 valence electrons. The first-order chi connectivity index (χ1) is 8.53. The predicted octanol–water partition coefficient (Wildman–Crippen LogP) is 1.84. The van der Waals surface area contributed by atoms with Crippen molar-refractivity contribution in [2.75, 3.05) is 14.1 Å². The minimum absolute atomic E-state index is 0.257. The third-order valence-corrected chi connectivity index (χ3v) is 3.99. The van der Waals surface area contributed by atoms with Crippen molar-refractivity contribution in [3.05, 3.63) is 11.9 Å². The SMILES string of the molecule is CCCn1nncc1C(O)C(CC)(CC)N(C)C. The van der Waals surface area contributed by atoms with Gasteiger partial charge in [0.2, 0.25) is 0 Å². The van der Waals surface area contributed by atoms with Crippen LogP contribution in [0.15, 0.2) is 6.20 Å². The summed E-state index contributed by atoms with van der Waals surface area (Å²) in [6.07, 6.45) is 3.87. The Labute approximate surface area is 110 Å². The standard InChI is InChI=1S/C13H26N4O/c1-6-9-17-11(10-14-15-17)12(18)13(7-2,8-3)16(4)5/h10,12,18H,6-9H2,1-5H3. The van der Waals surface area contributed by atoms with Crippen LogP contribution in [0.3, 0.4) is 0 Å². The van der Waals surface area contributed by atoms with Crippen molar-refractivity contribution in [1.29, 1.82) is 0 Å². The summed E-state index contributed by atoms with van der Waals surface area (Å²) in [5, 5.41) is 18.7. The van der Waals surface area contributed by atoms with E-state index in [1.165, 1.54) is 0 Å². The van der Waals surface area contributed by atoms with Gasteiger partial charge in [-0.05, 0) is 33.4 Å². The molecule has 0 aliphatic rings. The van der Waals surface area contributed by atoms with E-state index in [2.05, 4.69) is 36.0 Å². The third kappa shape index (κ3) is 2.57. The molecule has 1 aromatic heterocycles. The van der Waals surface area contributed by atoms with Gasteiger partial charge in [-0.25, -0.2) is 4.68 Å². The molecule has 0 amide bonds. The van der Waals surface area contributed by atoms with E-state index in [1.54, 1.807) is 6.20 Å². The molecule has 1 heterocycles. The fraction of sp³-hybridized carbons (Fsp3) is 0.846. The number of aryl methyl sites for hydroxylation is 1. The van der Waals surface area contributed by atoms with Crippen molar-refractivity contribution < 1.29 is 5.11 Å². The van der Waals surface area contributed by atoms with Crippen molar-refractivity contribution >= 4 is 0 Å². The average molecular weight is 254 g/mol. The van der Waals surface area contributed by atoms with Crippen molar-refractivity contribution in [3.63, 3.8) is 0 Å². The summed E-state index contributed by atoms with van der Waals surface area (Å²) in [5.74, 6) is 0. The molecule has 0 aliphatic carbocycles. The molecule has 0 saturated carbocycles. The van der Waals surface area contributed by atoms with Gasteiger partial charge >= 0.3 is 0 Å². The Morgan fingerprint density at radius 2 is 1.94 bits per heavy atom. The van der Waals surface area contributed by atoms with Crippen LogP contribution in [0, 0.1) is 0 Å². The number of hydrogen-bond donors (Lipinski definition) is 1. The lowest BCUT2D eigenvalue weighted by Crippen LogP contribution is -2.49. The Hall–Kier alpha value is -0.940. The van der Waals surface area contributed by atoms with Crippen LogP contribution in [0.5, 0.6) is 0 Å². The second kappa shape index (κ2) is 6.29. The topological polar surface area (TPSA) is 54.2 Å². The van der Waals surface area contributed by atoms with Gasteiger partial charge in [-0.1, -0.05) is 26.0 Å². The largest absolute Gasteiger partial charge is 0.385 e. The van der Waals surface area contributed by atoms with Gasteiger partial charge in [0.05, 0.1) is 17.4 Å². The lowest BCUT2D eigenvalue weighted by molar-refractivity contribution is -0.0199. The highest BCUT2D eigenvalue weighted by Crippen LogP contribution is 2.35. The molecule has 0 fully saturated rings. The van der Waals surface area contributed by atoms with Crippen molar-refractivity contribution in [3.8, 4) is 0 Å². The van der Waals surface area contributed by atoms with Crippen LogP contribution in [-0.2, 0) is 6.54 Å². The summed E-state index contributed by atoms with van der Waals surface area (Å²) in [6, 6.07) is 0. The Kier molecular flexibility index (Phi) is 5.28. The molecule has 0 aliphatic heterocycles. The number of aliphatic hydroxyl groups is 1. The van der Waals surface area contributed by atoms with E-state index >= 15 is 0 Å². The monoisotopic (exact) mass is 254 g/mol. The highest BCUT2D eigenvalue weighted by atomic mass is 16.3. The van der Waals surface area contributed by atoms with Crippen LogP contribution in [0.1, 0.15) is 51.8 Å². The zero-order valence-electron chi connectivity index (χ0n) is 12.2. The summed E-state index contributed by atoms with van der Waals surface area (Å²) in [7, 11) is 4.04. The molecule has 0 spiro atoms. The smallest absolute Gasteiger partial charge is 0.115 e. The van der Waals surface area contributed by atoms with E-state index in [-0.39, 0.29) is 5.54 Å². The summed E-state index contributed by atoms with van der Waals surface area (Å²) in [6.45, 7) is 7.11. The zero-order chi connectivity index (χ0) is 13.8. The van der Waals surface area contributed by atoms with Gasteiger partial charge in [0.1, 0.15) is 6.10 Å². The van der Waals surface area contributed by atoms with E-state index in [1.807, 2.05) is 18.8 Å². The lowest BCUT2D eigenvalue weighted by Gasteiger charge is -2.42. The minimum Gasteiger partial charge on any atom is -0.385 e. The molecule has 1 N–H and O–H groups in total. The van der Waals surface area contributed by atoms with Crippen LogP contribution in [0.4, 0.5) is 0 Å². The summed E-state index contributed by atoms with van der Waals surface area (Å²) >= 11 is 0. The quantitative estimate of drug-likeness (QED) is 0.806. The van der Waals surface area contributed by atoms with Gasteiger partial charge in [0, 0.05) is 6.54 Å². The van der Waals surface area contributed by atoms with E-state index in [9.17, 15) is 5.11 Å². The number of aliphatic hydroxyl groups excluding tert-OH is 1. The molecule has 1 aromatic rings. The number of aromatic nitrogens is 3. The maximum Gasteiger partial charge on any atom is 0.115 e. The molecular formula is C13H26N4O. The first-order valence-electron chi connectivity index (χ1n) is 6.77. The van der Waals surface area contributed by atoms with Gasteiger partial charge in [0.15, 0.2) is 0 Å². The second-order valence-corrected chi connectivity index (χ2v) is 4.99. The Bertz CT molecular complexity index is 358. The molecular weight excluding hydrogens is 228 g/mol. The highest BCUT2D eigenvalue weighted by molar-refractivity contribution is 5.09. The zero-order valence-corrected chi connectivity index (χ0v) is 12.2. The maximum atomic E-state index is 10.8. The molecule has 18 heavy (non-hydrogen) atoms. The summed E-state index contributed by atoms with van der Waals surface area (Å²) < 4.78 is 1.81. The normalized spacial score (nSPS) is 14.2. The molecule has 1 rings (SSSR count). The first kappa shape index (κ1) is 15.1. The summed E-state index contributed by atoms with van der Waals surface area (Å²) in [4.78, 5) is 2.11. The maximum absolute atomic E-state index is 10.8. The van der Waals surface area contributed by atoms with Crippen molar-refractivity contribution in [2.24, 2.45) is 0 Å². The lowest BCUT2D eigenvalue weighted by atomic mass is 9.83. The third-order valence-electron chi connectivity index (χ3n) is 3.99. The van der Waals surface area contributed by atoms with Crippen LogP contribution < -0.4 is 0 Å². The molecule has 0 saturated heterocycles. The fourth-order valence-corrected chi connectivity index (χ4v) is 2.65. The highest BCUT2D eigenvalue weighted by Gasteiger charge is 2.39. The molecule has 0 radical (unpaired) electrons. The van der Waals surface area contributed by atoms with E-state index in [0.29, 0.717) is 0 Å². The van der Waals surface area contributed by atoms with Crippen LogP contribution >= 0.6 is 0 Å². The molecule has 0 aromatic carbocycles. The fourth-order valence-electron chi connectivity index (χ4n) is 2.65. The molecule has 0 bridgehead atoms. The van der Waals surface area contributed by atoms with Gasteiger partial charge in [0.25, 0.3) is 0 Å². The van der Waals surface area contributed by atoms with Gasteiger partial charge in [-0.2, -0.15) is 0 Å². The first-order valence-corrected chi connectivity index (χ1v) is 6.77. The van der Waals surface area contributed by atoms with Crippen molar-refractivity contribution in [1.82, 2.24) is 19.9 Å². The van der Waals surface area contributed by atoms with E-state index < -0.39 is 6.10 Å². The molecule has 5 heteroatoms. The molecule has 1 unspecified atom stereocenters. The molecule has 1 atom stereocenters. The Balaban J connectivity index is 3.09. The minimum atomic E-state index is -0.566. The van der Waals surface area contributed by atoms with Gasteiger partial charge in [-0.15, -0.1) is 5.10 Å². The van der Waals surface area contributed by atoms with E-state index in [0.717, 1.165) is 31.5 Å². The molecule has 5 nitrogen and oxygen atoms in total. The van der Waals surface area contributed by atoms with E-state index in [4.69, 9.17) is 0 Å². The Morgan fingerprint density at radius 1 is 1.33 bits per heavy atom. The van der Waals surface area contributed by atoms with Crippen molar-refractivity contribution in [2.45, 2.75) is 58.2 Å². The van der Waals surface area contributed by atoms with Crippen LogP contribution in [-0.4, -0.2) is 44.6 Å². The number of likely N-dealkylation sites (N-methyl/N-ethyl adjacent to an activating group) is 1. The number of nitrogens with zero attached hydrogens (tertiary/aromatic N) is 4. The average Bonchev–Trinajstić information content (AvgIpc) is 2.79. The van der Waals surface area contributed by atoms with Gasteiger partial charge in [-0.3, -0.25) is 0 Å². The van der Waals surface area contributed by atoms with Crippen LogP contribution in [0.2, 0.25) is 0 Å². The van der Waals surface area contributed by atoms with Crippen LogP contribution in [0.25, 0.3) is 0 Å². The Morgan fingerprint density at radius 3 is 2.39 bits per heavy atom. The second-order valence-electron chi connectivity index (χ2n) is 4.99. The summed E-state index contributed by atoms with van der Waals surface area (Å²) in [5.41, 5.74) is 0.557. The number of rotatable bonds is 7. The number of hydrogen-bond acceptors (Lipinski definition) is 4. The van der Waals surface area contributed by atoms with Gasteiger partial charge < -0.3 is 10.0 Å².